The molecule has 1 aromatic heterocycles. The summed E-state index contributed by atoms with van der Waals surface area (Å²) in [5, 5.41) is 5.31. The van der Waals surface area contributed by atoms with Crippen molar-refractivity contribution < 1.29 is 21.9 Å². The molecule has 0 aliphatic rings. The first kappa shape index (κ1) is 19.0. The van der Waals surface area contributed by atoms with Crippen molar-refractivity contribution in [1.29, 1.82) is 0 Å². The van der Waals surface area contributed by atoms with Gasteiger partial charge in [0.2, 0.25) is 10.0 Å². The van der Waals surface area contributed by atoms with E-state index >= 15 is 0 Å². The molecule has 0 fully saturated rings. The minimum atomic E-state index is -3.88. The van der Waals surface area contributed by atoms with Gasteiger partial charge in [-0.25, -0.2) is 27.3 Å². The number of nitrogens with two attached hydrogens (primary N) is 1. The van der Waals surface area contributed by atoms with E-state index in [1.807, 2.05) is 0 Å². The molecule has 9 heteroatoms. The Balaban J connectivity index is 1.63. The highest BCUT2D eigenvalue weighted by Crippen LogP contribution is 2.29. The number of sulfonamides is 1. The molecule has 1 heterocycles. The number of rotatable bonds is 5. The fraction of sp³-hybridized carbons (Fsp3) is 0.0500. The van der Waals surface area contributed by atoms with Crippen LogP contribution in [0.15, 0.2) is 65.6 Å². The van der Waals surface area contributed by atoms with E-state index in [9.17, 15) is 17.2 Å². The minimum absolute atomic E-state index is 0.0167. The molecule has 148 valence electrons. The van der Waals surface area contributed by atoms with Crippen LogP contribution in [0.5, 0.6) is 5.75 Å². The molecule has 6 nitrogen and oxygen atoms in total. The number of primary sulfonamides is 1. The smallest absolute Gasteiger partial charge is 0.238 e. The fourth-order valence-electron chi connectivity index (χ4n) is 2.97. The molecule has 0 aliphatic carbocycles. The highest BCUT2D eigenvalue weighted by molar-refractivity contribution is 7.89. The maximum Gasteiger partial charge on any atom is 0.238 e. The Hall–Kier alpha value is -3.30. The number of benzene rings is 3. The Kier molecular flexibility index (Phi) is 4.77. The number of nitrogens with zero attached hydrogens (tertiary/aromatic N) is 1. The summed E-state index contributed by atoms with van der Waals surface area (Å²) in [6, 6.07) is 15.0. The zero-order chi connectivity index (χ0) is 20.6. The lowest BCUT2D eigenvalue weighted by atomic mass is 10.1. The maximum absolute atomic E-state index is 13.3. The van der Waals surface area contributed by atoms with Crippen molar-refractivity contribution in [3.05, 3.63) is 78.1 Å². The fourth-order valence-corrected chi connectivity index (χ4v) is 3.73. The Morgan fingerprint density at radius 2 is 1.79 bits per heavy atom. The molecule has 0 unspecified atom stereocenters. The highest BCUT2D eigenvalue weighted by Gasteiger charge is 2.15. The van der Waals surface area contributed by atoms with Crippen molar-refractivity contribution in [3.8, 4) is 16.9 Å². The van der Waals surface area contributed by atoms with Crippen LogP contribution in [-0.4, -0.2) is 18.4 Å². The van der Waals surface area contributed by atoms with Gasteiger partial charge in [0.25, 0.3) is 0 Å². The van der Waals surface area contributed by atoms with Crippen molar-refractivity contribution in [3.63, 3.8) is 0 Å². The van der Waals surface area contributed by atoms with Crippen molar-refractivity contribution in [2.75, 3.05) is 0 Å². The average molecular weight is 415 g/mol. The molecule has 0 aliphatic heterocycles. The van der Waals surface area contributed by atoms with Crippen LogP contribution in [0.4, 0.5) is 8.78 Å². The molecule has 0 bridgehead atoms. The zero-order valence-electron chi connectivity index (χ0n) is 14.9. The summed E-state index contributed by atoms with van der Waals surface area (Å²) in [7, 11) is -3.88. The van der Waals surface area contributed by atoms with E-state index in [-0.39, 0.29) is 17.3 Å². The zero-order valence-corrected chi connectivity index (χ0v) is 15.7. The largest absolute Gasteiger partial charge is 0.486 e. The lowest BCUT2D eigenvalue weighted by Gasteiger charge is -2.07. The molecule has 0 amide bonds. The monoisotopic (exact) mass is 415 g/mol. The van der Waals surface area contributed by atoms with E-state index in [2.05, 4.69) is 9.97 Å². The number of aromatic amines is 1. The van der Waals surface area contributed by atoms with Gasteiger partial charge in [0.05, 0.1) is 15.9 Å². The standard InChI is InChI=1S/C20H15F2N3O3S/c21-15-7-6-13(10-16(15)22)28-11-20-24-17-8-5-12(9-18(17)25-20)14-3-1-2-4-19(14)29(23,26)27/h1-10H,11H2,(H,24,25)(H2,23,26,27). The molecule has 0 saturated carbocycles. The van der Waals surface area contributed by atoms with Crippen LogP contribution in [0.25, 0.3) is 22.2 Å². The molecule has 0 radical (unpaired) electrons. The summed E-state index contributed by atoms with van der Waals surface area (Å²) in [5.74, 6) is -1.30. The summed E-state index contributed by atoms with van der Waals surface area (Å²) in [6.07, 6.45) is 0. The molecular weight excluding hydrogens is 400 g/mol. The quantitative estimate of drug-likeness (QED) is 0.519. The molecule has 29 heavy (non-hydrogen) atoms. The molecular formula is C20H15F2N3O3S. The molecule has 3 aromatic carbocycles. The van der Waals surface area contributed by atoms with Gasteiger partial charge < -0.3 is 9.72 Å². The summed E-state index contributed by atoms with van der Waals surface area (Å²) < 4.78 is 55.4. The predicted molar refractivity (Wildman–Crippen MR) is 104 cm³/mol. The number of hydrogen-bond donors (Lipinski definition) is 2. The van der Waals surface area contributed by atoms with E-state index < -0.39 is 21.7 Å². The maximum atomic E-state index is 13.3. The van der Waals surface area contributed by atoms with Gasteiger partial charge in [-0.15, -0.1) is 0 Å². The van der Waals surface area contributed by atoms with Gasteiger partial charge in [-0.05, 0) is 35.9 Å². The Morgan fingerprint density at radius 1 is 1.00 bits per heavy atom. The summed E-state index contributed by atoms with van der Waals surface area (Å²) in [5.41, 5.74) is 2.42. The Labute approximate surface area is 165 Å². The van der Waals surface area contributed by atoms with E-state index in [4.69, 9.17) is 9.88 Å². The summed E-state index contributed by atoms with van der Waals surface area (Å²) in [6.45, 7) is 0.0167. The number of H-pyrrole nitrogens is 1. The van der Waals surface area contributed by atoms with Crippen LogP contribution in [0.3, 0.4) is 0 Å². The first-order valence-electron chi connectivity index (χ1n) is 8.50. The van der Waals surface area contributed by atoms with Crippen LogP contribution in [0, 0.1) is 11.6 Å². The van der Waals surface area contributed by atoms with E-state index in [1.165, 1.54) is 12.1 Å². The van der Waals surface area contributed by atoms with Crippen LogP contribution >= 0.6 is 0 Å². The second-order valence-corrected chi connectivity index (χ2v) is 7.85. The van der Waals surface area contributed by atoms with Gasteiger partial charge in [-0.3, -0.25) is 0 Å². The normalized spacial score (nSPS) is 11.7. The van der Waals surface area contributed by atoms with Gasteiger partial charge in [0, 0.05) is 11.6 Å². The second-order valence-electron chi connectivity index (χ2n) is 6.32. The van der Waals surface area contributed by atoms with Gasteiger partial charge in [0.1, 0.15) is 18.2 Å². The minimum Gasteiger partial charge on any atom is -0.486 e. The number of aromatic nitrogens is 2. The van der Waals surface area contributed by atoms with E-state index in [1.54, 1.807) is 36.4 Å². The number of ether oxygens (including phenoxy) is 1. The van der Waals surface area contributed by atoms with Crippen LogP contribution in [0.2, 0.25) is 0 Å². The lowest BCUT2D eigenvalue weighted by Crippen LogP contribution is -2.13. The third kappa shape index (κ3) is 3.96. The van der Waals surface area contributed by atoms with Gasteiger partial charge in [0.15, 0.2) is 11.6 Å². The summed E-state index contributed by atoms with van der Waals surface area (Å²) >= 11 is 0. The van der Waals surface area contributed by atoms with Crippen molar-refractivity contribution in [2.24, 2.45) is 5.14 Å². The lowest BCUT2D eigenvalue weighted by molar-refractivity contribution is 0.295. The van der Waals surface area contributed by atoms with Gasteiger partial charge in [-0.2, -0.15) is 0 Å². The number of imidazole rings is 1. The molecule has 4 aromatic rings. The molecule has 0 saturated heterocycles. The average Bonchev–Trinajstić information content (AvgIpc) is 3.10. The highest BCUT2D eigenvalue weighted by atomic mass is 32.2. The van der Waals surface area contributed by atoms with Crippen LogP contribution < -0.4 is 9.88 Å². The third-order valence-electron chi connectivity index (χ3n) is 4.30. The summed E-state index contributed by atoms with van der Waals surface area (Å²) in [4.78, 5) is 7.51. The SMILES string of the molecule is NS(=O)(=O)c1ccccc1-c1ccc2[nH]c(COc3ccc(F)c(F)c3)nc2c1. The topological polar surface area (TPSA) is 98.1 Å². The van der Waals surface area contributed by atoms with Gasteiger partial charge >= 0.3 is 0 Å². The number of hydrogen-bond acceptors (Lipinski definition) is 4. The molecule has 0 atom stereocenters. The predicted octanol–water partition coefficient (Wildman–Crippen LogP) is 3.73. The molecule has 0 spiro atoms. The van der Waals surface area contributed by atoms with E-state index in [0.29, 0.717) is 28.0 Å². The molecule has 3 N–H and O–H groups in total. The van der Waals surface area contributed by atoms with E-state index in [0.717, 1.165) is 12.1 Å². The van der Waals surface area contributed by atoms with Crippen molar-refractivity contribution in [1.82, 2.24) is 9.97 Å². The van der Waals surface area contributed by atoms with Crippen LogP contribution in [-0.2, 0) is 16.6 Å². The molecule has 4 rings (SSSR count). The Morgan fingerprint density at radius 3 is 2.55 bits per heavy atom. The van der Waals surface area contributed by atoms with Crippen LogP contribution in [0.1, 0.15) is 5.82 Å². The number of halogens is 2. The van der Waals surface area contributed by atoms with Crippen molar-refractivity contribution in [2.45, 2.75) is 11.5 Å². The first-order valence-corrected chi connectivity index (χ1v) is 10.0. The first-order chi connectivity index (χ1) is 13.8. The van der Waals surface area contributed by atoms with Gasteiger partial charge in [-0.1, -0.05) is 24.3 Å². The number of nitrogens with one attached hydrogen (secondary N) is 1. The number of fused-ring (bicyclic) bond motifs is 1. The third-order valence-corrected chi connectivity index (χ3v) is 5.27. The van der Waals surface area contributed by atoms with Crippen molar-refractivity contribution >= 4 is 21.1 Å². The Bertz CT molecular complexity index is 1320. The second kappa shape index (κ2) is 7.26.